The average molecular weight is 290 g/mol. The molecule has 2 aliphatic heterocycles. The summed E-state index contributed by atoms with van der Waals surface area (Å²) < 4.78 is 6.01. The first-order valence-corrected chi connectivity index (χ1v) is 8.20. The van der Waals surface area contributed by atoms with Gasteiger partial charge in [-0.2, -0.15) is 0 Å². The van der Waals surface area contributed by atoms with E-state index in [0.717, 1.165) is 51.3 Å². The average Bonchev–Trinajstić information content (AvgIpc) is 2.82. The summed E-state index contributed by atoms with van der Waals surface area (Å²) in [5.74, 6) is 0. The van der Waals surface area contributed by atoms with Crippen molar-refractivity contribution in [1.82, 2.24) is 9.80 Å². The Bertz CT molecular complexity index is 438. The van der Waals surface area contributed by atoms with Crippen LogP contribution < -0.4 is 0 Å². The van der Waals surface area contributed by atoms with Crippen molar-refractivity contribution in [3.8, 4) is 0 Å². The lowest BCUT2D eigenvalue weighted by molar-refractivity contribution is -0.0240. The smallest absolute Gasteiger partial charge is 0.0927 e. The number of piperidine rings is 1. The maximum absolute atomic E-state index is 6.01. The highest BCUT2D eigenvalue weighted by Gasteiger charge is 2.39. The van der Waals surface area contributed by atoms with Crippen molar-refractivity contribution in [2.75, 3.05) is 32.8 Å². The number of allylic oxidation sites excluding steroid dienone is 2. The molecular weight excluding hydrogens is 260 g/mol. The SMILES string of the molecule is C=C(/C=C(\C)N1CCC2(CC1)OCC=C2C)N(CC)CC. The van der Waals surface area contributed by atoms with E-state index in [4.69, 9.17) is 4.74 Å². The molecule has 0 amide bonds. The van der Waals surface area contributed by atoms with Gasteiger partial charge in [-0.15, -0.1) is 0 Å². The summed E-state index contributed by atoms with van der Waals surface area (Å²) in [6.45, 7) is 17.9. The molecule has 0 aromatic heterocycles. The topological polar surface area (TPSA) is 15.7 Å². The van der Waals surface area contributed by atoms with Gasteiger partial charge in [-0.3, -0.25) is 0 Å². The van der Waals surface area contributed by atoms with Crippen molar-refractivity contribution < 1.29 is 4.74 Å². The van der Waals surface area contributed by atoms with Crippen LogP contribution in [0.15, 0.2) is 35.7 Å². The van der Waals surface area contributed by atoms with E-state index < -0.39 is 0 Å². The lowest BCUT2D eigenvalue weighted by Gasteiger charge is -2.41. The van der Waals surface area contributed by atoms with Crippen LogP contribution in [0.1, 0.15) is 40.5 Å². The Morgan fingerprint density at radius 3 is 2.48 bits per heavy atom. The zero-order valence-electron chi connectivity index (χ0n) is 14.1. The molecule has 2 rings (SSSR count). The largest absolute Gasteiger partial charge is 0.375 e. The molecule has 0 aromatic carbocycles. The van der Waals surface area contributed by atoms with E-state index in [2.05, 4.69) is 56.2 Å². The predicted octanol–water partition coefficient (Wildman–Crippen LogP) is 3.56. The van der Waals surface area contributed by atoms with Crippen molar-refractivity contribution in [3.05, 3.63) is 35.7 Å². The van der Waals surface area contributed by atoms with Gasteiger partial charge in [0.15, 0.2) is 0 Å². The third-order valence-corrected chi connectivity index (χ3v) is 5.08. The van der Waals surface area contributed by atoms with Crippen molar-refractivity contribution in [2.45, 2.75) is 46.1 Å². The van der Waals surface area contributed by atoms with Gasteiger partial charge in [0.2, 0.25) is 0 Å². The Morgan fingerprint density at radius 1 is 1.38 bits per heavy atom. The van der Waals surface area contributed by atoms with Gasteiger partial charge >= 0.3 is 0 Å². The molecule has 0 bridgehead atoms. The summed E-state index contributed by atoms with van der Waals surface area (Å²) in [6, 6.07) is 0. The Morgan fingerprint density at radius 2 is 2.00 bits per heavy atom. The first-order valence-electron chi connectivity index (χ1n) is 8.20. The number of hydrogen-bond acceptors (Lipinski definition) is 3. The summed E-state index contributed by atoms with van der Waals surface area (Å²) in [7, 11) is 0. The van der Waals surface area contributed by atoms with E-state index in [1.807, 2.05) is 0 Å². The Kier molecular flexibility index (Phi) is 5.15. The third-order valence-electron chi connectivity index (χ3n) is 5.08. The molecule has 2 heterocycles. The molecule has 3 heteroatoms. The highest BCUT2D eigenvalue weighted by Crippen LogP contribution is 2.37. The van der Waals surface area contributed by atoms with Crippen molar-refractivity contribution in [1.29, 1.82) is 0 Å². The lowest BCUT2D eigenvalue weighted by atomic mass is 9.85. The van der Waals surface area contributed by atoms with Gasteiger partial charge in [-0.05, 0) is 52.2 Å². The summed E-state index contributed by atoms with van der Waals surface area (Å²) in [4.78, 5) is 4.76. The molecule has 0 unspecified atom stereocenters. The van der Waals surface area contributed by atoms with Crippen LogP contribution in [-0.4, -0.2) is 48.2 Å². The minimum Gasteiger partial charge on any atom is -0.375 e. The van der Waals surface area contributed by atoms with Gasteiger partial charge in [0, 0.05) is 37.6 Å². The van der Waals surface area contributed by atoms with E-state index in [-0.39, 0.29) is 5.60 Å². The third kappa shape index (κ3) is 3.34. The molecule has 118 valence electrons. The molecule has 0 aromatic rings. The number of nitrogens with zero attached hydrogens (tertiary/aromatic N) is 2. The quantitative estimate of drug-likeness (QED) is 0.569. The highest BCUT2D eigenvalue weighted by molar-refractivity contribution is 5.23. The standard InChI is InChI=1S/C18H30N2O/c1-6-19(7-2)16(4)14-17(5)20-11-9-18(10-12-20)15(3)8-13-21-18/h8,14H,4,6-7,9-13H2,1-3,5H3/b17-14+. The zero-order valence-corrected chi connectivity index (χ0v) is 14.1. The van der Waals surface area contributed by atoms with Gasteiger partial charge in [0.05, 0.1) is 12.2 Å². The van der Waals surface area contributed by atoms with Gasteiger partial charge in [0.1, 0.15) is 0 Å². The van der Waals surface area contributed by atoms with Gasteiger partial charge in [-0.1, -0.05) is 12.7 Å². The fraction of sp³-hybridized carbons (Fsp3) is 0.667. The molecule has 2 aliphatic rings. The maximum Gasteiger partial charge on any atom is 0.0927 e. The molecule has 0 saturated carbocycles. The second kappa shape index (κ2) is 6.69. The van der Waals surface area contributed by atoms with Crippen molar-refractivity contribution >= 4 is 0 Å². The van der Waals surface area contributed by atoms with E-state index in [1.165, 1.54) is 11.3 Å². The first kappa shape index (κ1) is 16.2. The number of rotatable bonds is 5. The minimum atomic E-state index is 0.0344. The Balaban J connectivity index is 1.95. The number of ether oxygens (including phenoxy) is 1. The van der Waals surface area contributed by atoms with Crippen LogP contribution in [0.3, 0.4) is 0 Å². The van der Waals surface area contributed by atoms with Crippen LogP contribution >= 0.6 is 0 Å². The van der Waals surface area contributed by atoms with Crippen LogP contribution in [-0.2, 0) is 4.74 Å². The fourth-order valence-electron chi connectivity index (χ4n) is 3.44. The number of hydrogen-bond donors (Lipinski definition) is 0. The molecule has 0 radical (unpaired) electrons. The van der Waals surface area contributed by atoms with E-state index in [1.54, 1.807) is 0 Å². The predicted molar refractivity (Wildman–Crippen MR) is 89.1 cm³/mol. The molecule has 1 saturated heterocycles. The Hall–Kier alpha value is -1.22. The second-order valence-corrected chi connectivity index (χ2v) is 6.13. The highest BCUT2D eigenvalue weighted by atomic mass is 16.5. The van der Waals surface area contributed by atoms with E-state index in [0.29, 0.717) is 0 Å². The molecule has 0 N–H and O–H groups in total. The summed E-state index contributed by atoms with van der Waals surface area (Å²) in [6.07, 6.45) is 6.65. The van der Waals surface area contributed by atoms with E-state index in [9.17, 15) is 0 Å². The van der Waals surface area contributed by atoms with Gasteiger partial charge in [-0.25, -0.2) is 0 Å². The van der Waals surface area contributed by atoms with Crippen LogP contribution in [0.25, 0.3) is 0 Å². The van der Waals surface area contributed by atoms with Crippen molar-refractivity contribution in [2.24, 2.45) is 0 Å². The molecule has 0 aliphatic carbocycles. The van der Waals surface area contributed by atoms with Crippen LogP contribution in [0.4, 0.5) is 0 Å². The summed E-state index contributed by atoms with van der Waals surface area (Å²) in [5.41, 5.74) is 3.90. The number of likely N-dealkylation sites (tertiary alicyclic amines) is 1. The van der Waals surface area contributed by atoms with Gasteiger partial charge < -0.3 is 14.5 Å². The van der Waals surface area contributed by atoms with E-state index >= 15 is 0 Å². The minimum absolute atomic E-state index is 0.0344. The normalized spacial score (nSPS) is 21.6. The van der Waals surface area contributed by atoms with Crippen LogP contribution in [0.5, 0.6) is 0 Å². The van der Waals surface area contributed by atoms with Crippen LogP contribution in [0.2, 0.25) is 0 Å². The molecule has 1 fully saturated rings. The Labute approximate surface area is 129 Å². The number of likely N-dealkylation sites (N-methyl/N-ethyl adjacent to an activating group) is 1. The summed E-state index contributed by atoms with van der Waals surface area (Å²) >= 11 is 0. The van der Waals surface area contributed by atoms with Crippen molar-refractivity contribution in [3.63, 3.8) is 0 Å². The maximum atomic E-state index is 6.01. The first-order chi connectivity index (χ1) is 10.0. The second-order valence-electron chi connectivity index (χ2n) is 6.13. The molecule has 3 nitrogen and oxygen atoms in total. The molecular formula is C18H30N2O. The van der Waals surface area contributed by atoms with Gasteiger partial charge in [0.25, 0.3) is 0 Å². The molecule has 1 spiro atoms. The molecule has 0 atom stereocenters. The monoisotopic (exact) mass is 290 g/mol. The summed E-state index contributed by atoms with van der Waals surface area (Å²) in [5, 5.41) is 0. The fourth-order valence-corrected chi connectivity index (χ4v) is 3.44. The van der Waals surface area contributed by atoms with Crippen LogP contribution in [0, 0.1) is 0 Å². The molecule has 21 heavy (non-hydrogen) atoms. The zero-order chi connectivity index (χ0) is 15.5. The lowest BCUT2D eigenvalue weighted by Crippen LogP contribution is -2.44.